The molecule has 3 aliphatic rings. The van der Waals surface area contributed by atoms with Crippen LogP contribution in [0.1, 0.15) is 23.1 Å². The van der Waals surface area contributed by atoms with Gasteiger partial charge in [0.05, 0.1) is 18.4 Å². The molecule has 0 unspecified atom stereocenters. The minimum Gasteiger partial charge on any atom is -0.325 e. The largest absolute Gasteiger partial charge is 0.325 e. The number of thioether (sulfide) groups is 1. The van der Waals surface area contributed by atoms with E-state index in [1.165, 1.54) is 9.80 Å². The van der Waals surface area contributed by atoms with E-state index in [4.69, 9.17) is 0 Å². The molecule has 0 radical (unpaired) electrons. The highest BCUT2D eigenvalue weighted by Gasteiger charge is 2.71. The third kappa shape index (κ3) is 4.53. The molecule has 0 bridgehead atoms. The Morgan fingerprint density at radius 2 is 1.63 bits per heavy atom. The molecule has 3 aromatic rings. The van der Waals surface area contributed by atoms with Gasteiger partial charge in [-0.1, -0.05) is 66.2 Å². The van der Waals surface area contributed by atoms with Crippen LogP contribution in [0.3, 0.4) is 0 Å². The lowest BCUT2D eigenvalue weighted by Gasteiger charge is -2.30. The van der Waals surface area contributed by atoms with Gasteiger partial charge in [-0.2, -0.15) is 11.8 Å². The van der Waals surface area contributed by atoms with Crippen molar-refractivity contribution >= 4 is 46.8 Å². The second-order valence-electron chi connectivity index (χ2n) is 10.9. The van der Waals surface area contributed by atoms with E-state index in [-0.39, 0.29) is 42.8 Å². The van der Waals surface area contributed by atoms with Crippen molar-refractivity contribution in [2.24, 2.45) is 11.8 Å². The number of amides is 4. The summed E-state index contributed by atoms with van der Waals surface area (Å²) >= 11 is 1.66. The fraction of sp³-hybridized carbons (Fsp3) is 0.312. The molecule has 0 aliphatic carbocycles. The molecule has 0 saturated carbocycles. The van der Waals surface area contributed by atoms with Crippen molar-refractivity contribution in [3.63, 3.8) is 0 Å². The van der Waals surface area contributed by atoms with Crippen LogP contribution in [0.5, 0.6) is 0 Å². The molecular weight excluding hydrogens is 536 g/mol. The molecule has 1 spiro atoms. The number of nitrogens with zero attached hydrogens (tertiary/aromatic N) is 2. The van der Waals surface area contributed by atoms with Crippen LogP contribution in [0, 0.1) is 18.8 Å². The van der Waals surface area contributed by atoms with Crippen molar-refractivity contribution in [3.8, 4) is 0 Å². The summed E-state index contributed by atoms with van der Waals surface area (Å²) in [5, 5.41) is 6.38. The van der Waals surface area contributed by atoms with Gasteiger partial charge in [0, 0.05) is 23.0 Å². The Morgan fingerprint density at radius 3 is 2.37 bits per heavy atom. The van der Waals surface area contributed by atoms with E-state index in [2.05, 4.69) is 10.6 Å². The van der Waals surface area contributed by atoms with E-state index >= 15 is 0 Å². The average molecular weight is 569 g/mol. The van der Waals surface area contributed by atoms with E-state index in [1.807, 2.05) is 86.0 Å². The molecule has 4 amide bonds. The number of likely N-dealkylation sites (tertiary alicyclic amines) is 1. The summed E-state index contributed by atoms with van der Waals surface area (Å²) < 4.78 is 0. The lowest BCUT2D eigenvalue weighted by molar-refractivity contribution is -0.143. The zero-order chi connectivity index (χ0) is 28.7. The molecule has 6 rings (SSSR count). The molecular formula is C32H32N4O4S. The quantitative estimate of drug-likeness (QED) is 0.402. The first-order chi connectivity index (χ1) is 19.8. The lowest BCUT2D eigenvalue weighted by Crippen LogP contribution is -2.55. The summed E-state index contributed by atoms with van der Waals surface area (Å²) in [5.41, 5.74) is 2.35. The van der Waals surface area contributed by atoms with Gasteiger partial charge >= 0.3 is 0 Å². The third-order valence-electron chi connectivity index (χ3n) is 8.41. The van der Waals surface area contributed by atoms with Crippen molar-refractivity contribution < 1.29 is 19.2 Å². The molecule has 8 nitrogen and oxygen atoms in total. The Labute approximate surface area is 243 Å². The topological polar surface area (TPSA) is 98.8 Å². The van der Waals surface area contributed by atoms with E-state index in [1.54, 1.807) is 17.8 Å². The lowest BCUT2D eigenvalue weighted by atomic mass is 9.76. The number of carbonyl (C=O) groups excluding carboxylic acids is 4. The van der Waals surface area contributed by atoms with Gasteiger partial charge in [0.2, 0.25) is 17.7 Å². The second-order valence-corrected chi connectivity index (χ2v) is 11.9. The summed E-state index contributed by atoms with van der Waals surface area (Å²) in [5.74, 6) is -2.11. The first-order valence-electron chi connectivity index (χ1n) is 13.8. The molecule has 2 saturated heterocycles. The van der Waals surface area contributed by atoms with Gasteiger partial charge in [0.15, 0.2) is 0 Å². The van der Waals surface area contributed by atoms with Crippen LogP contribution in [0.4, 0.5) is 11.4 Å². The monoisotopic (exact) mass is 568 g/mol. The van der Waals surface area contributed by atoms with Gasteiger partial charge in [-0.3, -0.25) is 29.4 Å². The summed E-state index contributed by atoms with van der Waals surface area (Å²) in [6.07, 6.45) is 2.63. The standard InChI is InChI=1S/C32H32N4O4S/c1-20-12-14-22(15-13-20)33-26(37)19-35-25-11-7-6-10-23(25)32(31(35)40)28-27(24(34-32)16-17-41-2)29(38)36(30(28)39)18-21-8-4-3-5-9-21/h3-15,24,27-28,34H,16-19H2,1-2H3,(H,33,37)/t24-,27-,28-,32-/m0/s1. The Bertz CT molecular complexity index is 1510. The highest BCUT2D eigenvalue weighted by molar-refractivity contribution is 7.98. The third-order valence-corrected chi connectivity index (χ3v) is 9.06. The van der Waals surface area contributed by atoms with Gasteiger partial charge in [-0.25, -0.2) is 0 Å². The predicted octanol–water partition coefficient (Wildman–Crippen LogP) is 3.70. The fourth-order valence-electron chi connectivity index (χ4n) is 6.56. The molecule has 41 heavy (non-hydrogen) atoms. The normalized spacial score (nSPS) is 24.7. The number of imide groups is 1. The van der Waals surface area contributed by atoms with Crippen molar-refractivity contribution in [1.82, 2.24) is 10.2 Å². The van der Waals surface area contributed by atoms with Crippen LogP contribution >= 0.6 is 11.8 Å². The smallest absolute Gasteiger partial charge is 0.253 e. The molecule has 3 heterocycles. The number of nitrogens with one attached hydrogen (secondary N) is 2. The van der Waals surface area contributed by atoms with E-state index in [0.29, 0.717) is 23.4 Å². The number of para-hydroxylation sites is 1. The number of aryl methyl sites for hydroxylation is 1. The zero-order valence-corrected chi connectivity index (χ0v) is 23.8. The summed E-state index contributed by atoms with van der Waals surface area (Å²) in [7, 11) is 0. The number of carbonyl (C=O) groups is 4. The van der Waals surface area contributed by atoms with Gasteiger partial charge in [-0.05, 0) is 49.1 Å². The molecule has 9 heteroatoms. The predicted molar refractivity (Wildman–Crippen MR) is 159 cm³/mol. The maximum Gasteiger partial charge on any atom is 0.253 e. The second kappa shape index (κ2) is 10.8. The number of fused-ring (bicyclic) bond motifs is 4. The van der Waals surface area contributed by atoms with Crippen molar-refractivity contribution in [2.75, 3.05) is 28.8 Å². The van der Waals surface area contributed by atoms with Crippen LogP contribution in [-0.2, 0) is 31.3 Å². The first kappa shape index (κ1) is 27.2. The highest BCUT2D eigenvalue weighted by Crippen LogP contribution is 2.55. The number of anilines is 2. The van der Waals surface area contributed by atoms with Gasteiger partial charge in [0.1, 0.15) is 12.1 Å². The van der Waals surface area contributed by atoms with E-state index in [9.17, 15) is 19.2 Å². The highest BCUT2D eigenvalue weighted by atomic mass is 32.2. The molecule has 3 aliphatic heterocycles. The van der Waals surface area contributed by atoms with Crippen molar-refractivity contribution in [1.29, 1.82) is 0 Å². The van der Waals surface area contributed by atoms with Gasteiger partial charge in [0.25, 0.3) is 5.91 Å². The molecule has 2 fully saturated rings. The number of rotatable bonds is 8. The molecule has 4 atom stereocenters. The molecule has 2 N–H and O–H groups in total. The minimum absolute atomic E-state index is 0.162. The van der Waals surface area contributed by atoms with Gasteiger partial charge in [-0.15, -0.1) is 0 Å². The van der Waals surface area contributed by atoms with Crippen LogP contribution in [0.2, 0.25) is 0 Å². The maximum atomic E-state index is 14.5. The van der Waals surface area contributed by atoms with Crippen molar-refractivity contribution in [3.05, 3.63) is 95.6 Å². The van der Waals surface area contributed by atoms with E-state index in [0.717, 1.165) is 16.9 Å². The minimum atomic E-state index is -1.42. The van der Waals surface area contributed by atoms with E-state index < -0.39 is 17.4 Å². The van der Waals surface area contributed by atoms with Crippen LogP contribution in [0.15, 0.2) is 78.9 Å². The Morgan fingerprint density at radius 1 is 0.927 bits per heavy atom. The van der Waals surface area contributed by atoms with Crippen LogP contribution in [-0.4, -0.2) is 53.1 Å². The van der Waals surface area contributed by atoms with Gasteiger partial charge < -0.3 is 10.2 Å². The Balaban J connectivity index is 1.36. The summed E-state index contributed by atoms with van der Waals surface area (Å²) in [6, 6.07) is 23.8. The zero-order valence-electron chi connectivity index (χ0n) is 23.0. The van der Waals surface area contributed by atoms with Crippen LogP contribution in [0.25, 0.3) is 0 Å². The number of hydrogen-bond donors (Lipinski definition) is 2. The maximum absolute atomic E-state index is 14.5. The summed E-state index contributed by atoms with van der Waals surface area (Å²) in [6.45, 7) is 1.92. The number of benzene rings is 3. The fourth-order valence-corrected chi connectivity index (χ4v) is 7.05. The average Bonchev–Trinajstić information content (AvgIpc) is 3.53. The Hall–Kier alpha value is -3.95. The van der Waals surface area contributed by atoms with Crippen molar-refractivity contribution in [2.45, 2.75) is 31.5 Å². The molecule has 0 aromatic heterocycles. The van der Waals surface area contributed by atoms with Crippen LogP contribution < -0.4 is 15.5 Å². The number of hydrogen-bond acceptors (Lipinski definition) is 6. The Kier molecular flexibility index (Phi) is 7.17. The first-order valence-corrected chi connectivity index (χ1v) is 15.2. The molecule has 210 valence electrons. The molecule has 3 aromatic carbocycles. The summed E-state index contributed by atoms with van der Waals surface area (Å²) in [4.78, 5) is 58.5. The SMILES string of the molecule is CSCC[C@@H]1N[C@]2(C(=O)N(CC(=O)Nc3ccc(C)cc3)c3ccccc32)[C@@H]2C(=O)N(Cc3ccccc3)C(=O)[C@@H]12.